The largest absolute Gasteiger partial charge is 0.386 e. The minimum Gasteiger partial charge on any atom is -0.386 e. The maximum absolute atomic E-state index is 14.5. The number of rotatable bonds is 5. The number of halogens is 2. The third-order valence-electron chi connectivity index (χ3n) is 3.80. The summed E-state index contributed by atoms with van der Waals surface area (Å²) in [6.07, 6.45) is 1.81. The van der Waals surface area contributed by atoms with Crippen LogP contribution in [0.5, 0.6) is 0 Å². The number of hydrogen-bond acceptors (Lipinski definition) is 8. The van der Waals surface area contributed by atoms with E-state index in [1.54, 1.807) is 12.1 Å². The van der Waals surface area contributed by atoms with Gasteiger partial charge >= 0.3 is 0 Å². The lowest BCUT2D eigenvalue weighted by Crippen LogP contribution is -2.24. The van der Waals surface area contributed by atoms with Gasteiger partial charge in [-0.15, -0.1) is 0 Å². The molecule has 1 aliphatic carbocycles. The molecule has 0 bridgehead atoms. The Labute approximate surface area is 167 Å². The summed E-state index contributed by atoms with van der Waals surface area (Å²) >= 11 is 5.98. The second kappa shape index (κ2) is 8.34. The molecule has 3 N–H and O–H groups in total. The normalized spacial score (nSPS) is 17.6. The molecular formula is C18H22ClFN6O2. The van der Waals surface area contributed by atoms with E-state index >= 15 is 0 Å². The summed E-state index contributed by atoms with van der Waals surface area (Å²) in [7, 11) is 0. The molecule has 0 amide bonds. The van der Waals surface area contributed by atoms with Crippen molar-refractivity contribution in [3.63, 3.8) is 0 Å². The van der Waals surface area contributed by atoms with Gasteiger partial charge in [-0.05, 0) is 52.2 Å². The second-order valence-electron chi connectivity index (χ2n) is 7.34. The van der Waals surface area contributed by atoms with Crippen LogP contribution in [0, 0.1) is 0 Å². The van der Waals surface area contributed by atoms with Crippen molar-refractivity contribution in [1.29, 1.82) is 0 Å². The summed E-state index contributed by atoms with van der Waals surface area (Å²) < 4.78 is 14.5. The molecule has 8 nitrogen and oxygen atoms in total. The monoisotopic (exact) mass is 408 g/mol. The number of anilines is 3. The van der Waals surface area contributed by atoms with E-state index in [1.165, 1.54) is 6.20 Å². The fourth-order valence-electron chi connectivity index (χ4n) is 2.54. The van der Waals surface area contributed by atoms with Crippen LogP contribution in [0.2, 0.25) is 5.02 Å². The Kier molecular flexibility index (Phi) is 6.07. The molecule has 28 heavy (non-hydrogen) atoms. The molecule has 1 aliphatic rings. The summed E-state index contributed by atoms with van der Waals surface area (Å²) in [6.45, 7) is 5.57. The molecule has 0 aliphatic heterocycles. The minimum absolute atomic E-state index is 0.102. The molecule has 0 saturated carbocycles. The molecule has 2 aromatic rings. The van der Waals surface area contributed by atoms with Gasteiger partial charge in [-0.2, -0.15) is 15.0 Å². The van der Waals surface area contributed by atoms with E-state index in [-0.39, 0.29) is 23.3 Å². The Balaban J connectivity index is 1.97. The van der Waals surface area contributed by atoms with Crippen LogP contribution in [0.1, 0.15) is 45.9 Å². The van der Waals surface area contributed by atoms with E-state index < -0.39 is 17.5 Å². The Morgan fingerprint density at radius 2 is 2.00 bits per heavy atom. The van der Waals surface area contributed by atoms with Crippen molar-refractivity contribution < 1.29 is 14.3 Å². The van der Waals surface area contributed by atoms with Crippen LogP contribution in [0.15, 0.2) is 24.2 Å². The molecule has 2 aromatic heterocycles. The molecule has 150 valence electrons. The molecule has 0 fully saturated rings. The zero-order chi connectivity index (χ0) is 20.3. The topological polar surface area (TPSA) is 105 Å². The van der Waals surface area contributed by atoms with Crippen LogP contribution in [0.4, 0.5) is 22.1 Å². The molecule has 2 heterocycles. The fraction of sp³-hybridized carbons (Fsp3) is 0.444. The highest BCUT2D eigenvalue weighted by molar-refractivity contribution is 6.30. The molecule has 1 unspecified atom stereocenters. The van der Waals surface area contributed by atoms with E-state index in [0.29, 0.717) is 30.1 Å². The van der Waals surface area contributed by atoms with Gasteiger partial charge in [0.2, 0.25) is 5.95 Å². The third kappa shape index (κ3) is 5.34. The Morgan fingerprint density at radius 3 is 2.71 bits per heavy atom. The van der Waals surface area contributed by atoms with Crippen LogP contribution in [0.3, 0.4) is 0 Å². The number of nitrogens with one attached hydrogen (secondary N) is 2. The molecule has 1 atom stereocenters. The zero-order valence-corrected chi connectivity index (χ0v) is 16.6. The first kappa shape index (κ1) is 20.4. The van der Waals surface area contributed by atoms with E-state index in [1.807, 2.05) is 20.8 Å². The predicted molar refractivity (Wildman–Crippen MR) is 105 cm³/mol. The summed E-state index contributed by atoms with van der Waals surface area (Å²) in [6, 6.07) is 3.24. The predicted octanol–water partition coefficient (Wildman–Crippen LogP) is 4.03. The number of hydrogen-bond donors (Lipinski definition) is 3. The van der Waals surface area contributed by atoms with Gasteiger partial charge in [0.1, 0.15) is 17.7 Å². The third-order valence-corrected chi connectivity index (χ3v) is 4.04. The SMILES string of the molecule is CC(C)(C)ONc1nc(Nc2cc(Cl)ccn2)nc(C2=C(F)C(O)CCC2)n1. The molecule has 0 saturated heterocycles. The molecule has 0 aromatic carbocycles. The first-order valence-corrected chi connectivity index (χ1v) is 9.25. The van der Waals surface area contributed by atoms with Gasteiger partial charge in [-0.25, -0.2) is 14.9 Å². The number of nitrogens with zero attached hydrogens (tertiary/aromatic N) is 4. The lowest BCUT2D eigenvalue weighted by atomic mass is 9.96. The molecular weight excluding hydrogens is 387 g/mol. The number of aromatic nitrogens is 4. The number of allylic oxidation sites excluding steroid dienone is 1. The molecule has 0 spiro atoms. The van der Waals surface area contributed by atoms with Crippen molar-refractivity contribution >= 4 is 34.9 Å². The van der Waals surface area contributed by atoms with Gasteiger partial charge in [0, 0.05) is 16.8 Å². The average Bonchev–Trinajstić information content (AvgIpc) is 2.61. The van der Waals surface area contributed by atoms with Gasteiger partial charge in [0.05, 0.1) is 5.60 Å². The van der Waals surface area contributed by atoms with Crippen LogP contribution in [0.25, 0.3) is 5.57 Å². The van der Waals surface area contributed by atoms with E-state index in [2.05, 4.69) is 30.7 Å². The van der Waals surface area contributed by atoms with E-state index in [0.717, 1.165) is 0 Å². The maximum Gasteiger partial charge on any atom is 0.252 e. The van der Waals surface area contributed by atoms with Crippen LogP contribution >= 0.6 is 11.6 Å². The summed E-state index contributed by atoms with van der Waals surface area (Å²) in [5.41, 5.74) is 2.42. The lowest BCUT2D eigenvalue weighted by molar-refractivity contribution is 0.0358. The van der Waals surface area contributed by atoms with Crippen molar-refractivity contribution in [2.45, 2.75) is 51.7 Å². The zero-order valence-electron chi connectivity index (χ0n) is 15.8. The standard InChI is InChI=1S/C18H22ClFN6O2/c1-18(2,3)28-26-17-24-15(11-5-4-6-12(27)14(11)20)23-16(25-17)22-13-9-10(19)7-8-21-13/h7-9,12,27H,4-6H2,1-3H3,(H2,21,22,23,24,25,26). The number of aliphatic hydroxyl groups is 1. The fourth-order valence-corrected chi connectivity index (χ4v) is 2.70. The first-order chi connectivity index (χ1) is 13.2. The molecule has 0 radical (unpaired) electrons. The Morgan fingerprint density at radius 1 is 1.25 bits per heavy atom. The van der Waals surface area contributed by atoms with Gasteiger partial charge in [0.15, 0.2) is 5.82 Å². The Bertz CT molecular complexity index is 887. The molecule has 10 heteroatoms. The smallest absolute Gasteiger partial charge is 0.252 e. The number of aliphatic hydroxyl groups excluding tert-OH is 1. The van der Waals surface area contributed by atoms with E-state index in [9.17, 15) is 9.50 Å². The second-order valence-corrected chi connectivity index (χ2v) is 7.78. The molecule has 3 rings (SSSR count). The highest BCUT2D eigenvalue weighted by Gasteiger charge is 2.25. The quantitative estimate of drug-likeness (QED) is 0.637. The van der Waals surface area contributed by atoms with Gasteiger partial charge in [0.25, 0.3) is 5.95 Å². The minimum atomic E-state index is -1.14. The van der Waals surface area contributed by atoms with Crippen LogP contribution in [-0.4, -0.2) is 36.7 Å². The van der Waals surface area contributed by atoms with Gasteiger partial charge in [-0.3, -0.25) is 4.84 Å². The Hall–Kier alpha value is -2.36. The van der Waals surface area contributed by atoms with Crippen molar-refractivity contribution in [2.75, 3.05) is 10.8 Å². The van der Waals surface area contributed by atoms with Crippen LogP contribution < -0.4 is 10.8 Å². The summed E-state index contributed by atoms with van der Waals surface area (Å²) in [5, 5.41) is 13.3. The van der Waals surface area contributed by atoms with Crippen molar-refractivity contribution in [3.05, 3.63) is 35.0 Å². The van der Waals surface area contributed by atoms with Crippen molar-refractivity contribution in [3.8, 4) is 0 Å². The first-order valence-electron chi connectivity index (χ1n) is 8.87. The maximum atomic E-state index is 14.5. The average molecular weight is 409 g/mol. The van der Waals surface area contributed by atoms with Crippen molar-refractivity contribution in [1.82, 2.24) is 19.9 Å². The van der Waals surface area contributed by atoms with E-state index in [4.69, 9.17) is 16.4 Å². The van der Waals surface area contributed by atoms with Crippen molar-refractivity contribution in [2.24, 2.45) is 0 Å². The summed E-state index contributed by atoms with van der Waals surface area (Å²) in [4.78, 5) is 22.4. The summed E-state index contributed by atoms with van der Waals surface area (Å²) in [5.74, 6) is 0.165. The highest BCUT2D eigenvalue weighted by atomic mass is 35.5. The van der Waals surface area contributed by atoms with Crippen LogP contribution in [-0.2, 0) is 4.84 Å². The highest BCUT2D eigenvalue weighted by Crippen LogP contribution is 2.32. The number of pyridine rings is 1. The van der Waals surface area contributed by atoms with Gasteiger partial charge in [-0.1, -0.05) is 11.6 Å². The lowest BCUT2D eigenvalue weighted by Gasteiger charge is -2.21. The van der Waals surface area contributed by atoms with Gasteiger partial charge < -0.3 is 10.4 Å².